The Morgan fingerprint density at radius 1 is 0.727 bits per heavy atom. The first-order chi connectivity index (χ1) is 21.3. The van der Waals surface area contributed by atoms with E-state index < -0.39 is 48.5 Å². The molecule has 1 amide bonds. The van der Waals surface area contributed by atoms with E-state index in [9.17, 15) is 30.0 Å². The Morgan fingerprint density at radius 2 is 1.23 bits per heavy atom. The van der Waals surface area contributed by atoms with E-state index in [0.29, 0.717) is 13.0 Å². The molecule has 260 valence electrons. The summed E-state index contributed by atoms with van der Waals surface area (Å²) >= 11 is 0. The second-order valence-electron chi connectivity index (χ2n) is 12.1. The van der Waals surface area contributed by atoms with Gasteiger partial charge in [-0.1, -0.05) is 145 Å². The SMILES string of the molecule is CCCCCCCCCCCCOC(=O)C(CSSC1O[C@H](CO)[C@@H](O)[C@H](O)[C@H]1O)NC(=O)CCCCCCCCCCC. The predicted molar refractivity (Wildman–Crippen MR) is 180 cm³/mol. The van der Waals surface area contributed by atoms with E-state index in [-0.39, 0.29) is 11.7 Å². The van der Waals surface area contributed by atoms with Gasteiger partial charge in [-0.05, 0) is 12.8 Å². The van der Waals surface area contributed by atoms with Crippen molar-refractivity contribution in [2.45, 2.75) is 178 Å². The van der Waals surface area contributed by atoms with E-state index in [4.69, 9.17) is 9.47 Å². The van der Waals surface area contributed by atoms with Crippen LogP contribution in [0.2, 0.25) is 0 Å². The highest BCUT2D eigenvalue weighted by Gasteiger charge is 2.43. The molecule has 1 heterocycles. The lowest BCUT2D eigenvalue weighted by Crippen LogP contribution is -2.57. The molecule has 9 nitrogen and oxygen atoms in total. The Bertz CT molecular complexity index is 717. The number of unbranched alkanes of at least 4 members (excludes halogenated alkanes) is 17. The van der Waals surface area contributed by atoms with Crippen LogP contribution < -0.4 is 5.32 Å². The van der Waals surface area contributed by atoms with Crippen LogP contribution in [0.15, 0.2) is 0 Å². The number of nitrogens with one attached hydrogen (secondary N) is 1. The van der Waals surface area contributed by atoms with E-state index in [1.54, 1.807) is 0 Å². The summed E-state index contributed by atoms with van der Waals surface area (Å²) in [7, 11) is 2.29. The van der Waals surface area contributed by atoms with Crippen molar-refractivity contribution < 1.29 is 39.5 Å². The van der Waals surface area contributed by atoms with E-state index in [1.165, 1.54) is 94.3 Å². The molecule has 0 saturated carbocycles. The Labute approximate surface area is 274 Å². The topological polar surface area (TPSA) is 146 Å². The van der Waals surface area contributed by atoms with Gasteiger partial charge in [0.15, 0.2) is 0 Å². The second kappa shape index (κ2) is 27.5. The first-order valence-electron chi connectivity index (χ1n) is 17.4. The van der Waals surface area contributed by atoms with Crippen molar-refractivity contribution in [2.75, 3.05) is 19.0 Å². The molecule has 0 aromatic rings. The van der Waals surface area contributed by atoms with Gasteiger partial charge in [0.25, 0.3) is 0 Å². The van der Waals surface area contributed by atoms with Gasteiger partial charge in [0.2, 0.25) is 5.91 Å². The number of carbonyl (C=O) groups is 2. The van der Waals surface area contributed by atoms with Gasteiger partial charge in [-0.3, -0.25) is 4.79 Å². The van der Waals surface area contributed by atoms with Crippen molar-refractivity contribution in [3.8, 4) is 0 Å². The number of esters is 1. The quantitative estimate of drug-likeness (QED) is 0.0381. The maximum Gasteiger partial charge on any atom is 0.329 e. The van der Waals surface area contributed by atoms with Crippen LogP contribution in [0, 0.1) is 0 Å². The van der Waals surface area contributed by atoms with Gasteiger partial charge in [0.1, 0.15) is 35.9 Å². The number of carbonyl (C=O) groups excluding carboxylic acids is 2. The average molecular weight is 666 g/mol. The highest BCUT2D eigenvalue weighted by Crippen LogP contribution is 2.36. The summed E-state index contributed by atoms with van der Waals surface area (Å²) in [6, 6.07) is -0.855. The van der Waals surface area contributed by atoms with E-state index in [2.05, 4.69) is 19.2 Å². The van der Waals surface area contributed by atoms with Gasteiger partial charge in [-0.25, -0.2) is 4.79 Å². The van der Waals surface area contributed by atoms with Gasteiger partial charge in [-0.2, -0.15) is 0 Å². The fraction of sp³-hybridized carbons (Fsp3) is 0.939. The van der Waals surface area contributed by atoms with Crippen molar-refractivity contribution >= 4 is 33.5 Å². The second-order valence-corrected chi connectivity index (χ2v) is 14.6. The first-order valence-corrected chi connectivity index (χ1v) is 19.8. The number of ether oxygens (including phenoxy) is 2. The fourth-order valence-electron chi connectivity index (χ4n) is 5.22. The summed E-state index contributed by atoms with van der Waals surface area (Å²) in [5, 5.41) is 42.6. The van der Waals surface area contributed by atoms with Crippen LogP contribution in [0.4, 0.5) is 0 Å². The molecule has 0 aliphatic carbocycles. The minimum Gasteiger partial charge on any atom is -0.464 e. The summed E-state index contributed by atoms with van der Waals surface area (Å²) in [4.78, 5) is 25.7. The molecule has 0 aromatic heterocycles. The van der Waals surface area contributed by atoms with Gasteiger partial charge < -0.3 is 35.2 Å². The van der Waals surface area contributed by atoms with Crippen LogP contribution in [0.3, 0.4) is 0 Å². The number of hydrogen-bond acceptors (Lipinski definition) is 10. The molecule has 44 heavy (non-hydrogen) atoms. The summed E-state index contributed by atoms with van der Waals surface area (Å²) in [6.07, 6.45) is 17.3. The monoisotopic (exact) mass is 665 g/mol. The Morgan fingerprint density at radius 3 is 1.75 bits per heavy atom. The Balaban J connectivity index is 2.45. The van der Waals surface area contributed by atoms with Crippen LogP contribution in [0.5, 0.6) is 0 Å². The van der Waals surface area contributed by atoms with E-state index >= 15 is 0 Å². The summed E-state index contributed by atoms with van der Waals surface area (Å²) < 4.78 is 11.1. The maximum absolute atomic E-state index is 13.0. The molecular formula is C33H63NO8S2. The number of aliphatic hydroxyl groups is 4. The third kappa shape index (κ3) is 19.2. The van der Waals surface area contributed by atoms with Gasteiger partial charge in [0, 0.05) is 12.2 Å². The van der Waals surface area contributed by atoms with E-state index in [0.717, 1.165) is 49.3 Å². The lowest BCUT2D eigenvalue weighted by atomic mass is 10.0. The van der Waals surface area contributed by atoms with Crippen molar-refractivity contribution in [1.29, 1.82) is 0 Å². The van der Waals surface area contributed by atoms with Gasteiger partial charge >= 0.3 is 5.97 Å². The third-order valence-corrected chi connectivity index (χ3v) is 10.7. The van der Waals surface area contributed by atoms with Crippen molar-refractivity contribution in [3.05, 3.63) is 0 Å². The van der Waals surface area contributed by atoms with Gasteiger partial charge in [-0.15, -0.1) is 0 Å². The number of rotatable bonds is 28. The highest BCUT2D eigenvalue weighted by molar-refractivity contribution is 8.76. The minimum absolute atomic E-state index is 0.181. The average Bonchev–Trinajstić information content (AvgIpc) is 3.02. The molecule has 5 N–H and O–H groups in total. The maximum atomic E-state index is 13.0. The van der Waals surface area contributed by atoms with Gasteiger partial charge in [0.05, 0.1) is 13.2 Å². The van der Waals surface area contributed by atoms with Crippen LogP contribution in [0.1, 0.15) is 142 Å². The standard InChI is InChI=1S/C33H63NO8S2/c1-3-5-7-9-11-13-15-17-19-21-23-41-32(40)26(34-28(36)22-20-18-16-14-12-10-8-6-4-2)25-43-44-33-31(39)30(38)29(37)27(24-35)42-33/h26-27,29-31,33,35,37-39H,3-25H2,1-2H3,(H,34,36)/t26?,27-,29-,30+,31-,33?/m1/s1. The van der Waals surface area contributed by atoms with Crippen molar-refractivity contribution in [2.24, 2.45) is 0 Å². The molecule has 1 aliphatic heterocycles. The minimum atomic E-state index is -1.46. The lowest BCUT2D eigenvalue weighted by molar-refractivity contribution is -0.205. The Hall–Kier alpha value is -0.560. The van der Waals surface area contributed by atoms with Crippen molar-refractivity contribution in [3.63, 3.8) is 0 Å². The zero-order valence-electron chi connectivity index (χ0n) is 27.5. The number of hydrogen-bond donors (Lipinski definition) is 5. The zero-order valence-corrected chi connectivity index (χ0v) is 29.1. The fourth-order valence-corrected chi connectivity index (χ4v) is 7.77. The molecule has 1 rings (SSSR count). The molecule has 11 heteroatoms. The molecule has 0 spiro atoms. The largest absolute Gasteiger partial charge is 0.464 e. The molecule has 6 atom stereocenters. The highest BCUT2D eigenvalue weighted by atomic mass is 33.1. The Kier molecular flexibility index (Phi) is 26.0. The first kappa shape index (κ1) is 41.5. The smallest absolute Gasteiger partial charge is 0.329 e. The molecule has 1 aliphatic rings. The van der Waals surface area contributed by atoms with Crippen LogP contribution in [-0.4, -0.2) is 87.2 Å². The summed E-state index contributed by atoms with van der Waals surface area (Å²) in [6.45, 7) is 4.25. The zero-order chi connectivity index (χ0) is 32.4. The molecule has 0 radical (unpaired) electrons. The third-order valence-electron chi connectivity index (χ3n) is 8.12. The molecule has 0 bridgehead atoms. The molecular weight excluding hydrogens is 602 g/mol. The van der Waals surface area contributed by atoms with Crippen LogP contribution in [0.25, 0.3) is 0 Å². The normalized spacial score (nSPS) is 22.5. The molecule has 1 saturated heterocycles. The summed E-state index contributed by atoms with van der Waals surface area (Å²) in [5.41, 5.74) is -0.920. The van der Waals surface area contributed by atoms with Crippen LogP contribution in [-0.2, 0) is 19.1 Å². The lowest BCUT2D eigenvalue weighted by Gasteiger charge is -2.39. The van der Waals surface area contributed by atoms with E-state index in [1.807, 2.05) is 0 Å². The van der Waals surface area contributed by atoms with Crippen molar-refractivity contribution in [1.82, 2.24) is 5.32 Å². The molecule has 0 aromatic carbocycles. The number of aliphatic hydroxyl groups excluding tert-OH is 4. The summed E-state index contributed by atoms with van der Waals surface area (Å²) in [5.74, 6) is -0.490. The van der Waals surface area contributed by atoms with Crippen LogP contribution >= 0.6 is 21.6 Å². The molecule has 1 fully saturated rings. The predicted octanol–water partition coefficient (Wildman–Crippen LogP) is 6.04. The molecule has 2 unspecified atom stereocenters. The number of amides is 1.